The molecule has 0 aliphatic carbocycles. The van der Waals surface area contributed by atoms with Crippen molar-refractivity contribution in [3.05, 3.63) is 41.6 Å². The molecule has 0 bridgehead atoms. The van der Waals surface area contributed by atoms with Crippen molar-refractivity contribution in [3.8, 4) is 22.9 Å². The molecular weight excluding hydrogens is 414 g/mol. The number of piperazine rings is 1. The van der Waals surface area contributed by atoms with E-state index in [4.69, 9.17) is 18.5 Å². The summed E-state index contributed by atoms with van der Waals surface area (Å²) in [7, 11) is 1.60. The van der Waals surface area contributed by atoms with Crippen LogP contribution in [0, 0.1) is 13.8 Å². The first-order chi connectivity index (χ1) is 15.5. The average molecular weight is 444 g/mol. The molecule has 0 amide bonds. The smallest absolute Gasteiger partial charge is 0.241 e. The molecule has 2 aromatic heterocycles. The fourth-order valence-electron chi connectivity index (χ4n) is 3.82. The zero-order valence-corrected chi connectivity index (χ0v) is 18.7. The minimum absolute atomic E-state index is 0.215. The van der Waals surface area contributed by atoms with E-state index in [2.05, 4.69) is 25.1 Å². The summed E-state index contributed by atoms with van der Waals surface area (Å²) in [6.45, 7) is 8.44. The summed E-state index contributed by atoms with van der Waals surface area (Å²) in [5.41, 5.74) is 1.53. The van der Waals surface area contributed by atoms with E-state index in [1.807, 2.05) is 38.1 Å². The lowest BCUT2D eigenvalue weighted by atomic mass is 10.2. The lowest BCUT2D eigenvalue weighted by molar-refractivity contribution is 0.0421. The van der Waals surface area contributed by atoms with Crippen LogP contribution in [0.3, 0.4) is 0 Å². The Morgan fingerprint density at radius 3 is 2.44 bits per heavy atom. The predicted octanol–water partition coefficient (Wildman–Crippen LogP) is 1.91. The highest BCUT2D eigenvalue weighted by atomic mass is 16.5. The molecule has 1 aliphatic heterocycles. The van der Waals surface area contributed by atoms with Crippen molar-refractivity contribution in [1.29, 1.82) is 0 Å². The highest BCUT2D eigenvalue weighted by Gasteiger charge is 2.23. The van der Waals surface area contributed by atoms with Crippen molar-refractivity contribution >= 4 is 0 Å². The van der Waals surface area contributed by atoms with Gasteiger partial charge >= 0.3 is 0 Å². The van der Waals surface area contributed by atoms with Crippen molar-refractivity contribution in [1.82, 2.24) is 25.1 Å². The van der Waals surface area contributed by atoms with E-state index in [9.17, 15) is 5.11 Å². The average Bonchev–Trinajstić information content (AvgIpc) is 3.39. The number of ether oxygens (including phenoxy) is 2. The van der Waals surface area contributed by atoms with Crippen molar-refractivity contribution in [2.45, 2.75) is 26.5 Å². The molecule has 0 radical (unpaired) electrons. The maximum Gasteiger partial charge on any atom is 0.241 e. The first-order valence-corrected chi connectivity index (χ1v) is 10.7. The third-order valence-electron chi connectivity index (χ3n) is 5.52. The van der Waals surface area contributed by atoms with Crippen molar-refractivity contribution in [3.63, 3.8) is 0 Å². The van der Waals surface area contributed by atoms with Crippen LogP contribution in [0.2, 0.25) is 0 Å². The van der Waals surface area contributed by atoms with Gasteiger partial charge < -0.3 is 23.6 Å². The summed E-state index contributed by atoms with van der Waals surface area (Å²) in [4.78, 5) is 9.00. The Balaban J connectivity index is 1.22. The number of hydrogen-bond donors (Lipinski definition) is 1. The largest absolute Gasteiger partial charge is 0.493 e. The van der Waals surface area contributed by atoms with Gasteiger partial charge in [0.1, 0.15) is 18.5 Å². The molecule has 1 aromatic carbocycles. The molecule has 1 saturated heterocycles. The number of aryl methyl sites for hydroxylation is 2. The number of para-hydroxylation sites is 2. The predicted molar refractivity (Wildman–Crippen MR) is 115 cm³/mol. The van der Waals surface area contributed by atoms with Gasteiger partial charge in [0.05, 0.1) is 24.9 Å². The number of benzene rings is 1. The zero-order valence-electron chi connectivity index (χ0n) is 18.7. The SMILES string of the molecule is COc1ccccc1OCC(O)CN1CCN(Cc2nc(-c3c(C)noc3C)no2)CC1. The van der Waals surface area contributed by atoms with Crippen LogP contribution in [0.4, 0.5) is 0 Å². The second-order valence-electron chi connectivity index (χ2n) is 7.90. The molecule has 1 unspecified atom stereocenters. The summed E-state index contributed by atoms with van der Waals surface area (Å²) in [6, 6.07) is 7.43. The van der Waals surface area contributed by atoms with E-state index >= 15 is 0 Å². The molecule has 3 aromatic rings. The van der Waals surface area contributed by atoms with Gasteiger partial charge in [-0.2, -0.15) is 4.98 Å². The monoisotopic (exact) mass is 443 g/mol. The quantitative estimate of drug-likeness (QED) is 0.526. The number of aromatic nitrogens is 3. The van der Waals surface area contributed by atoms with E-state index in [0.29, 0.717) is 42.1 Å². The maximum absolute atomic E-state index is 10.4. The Morgan fingerprint density at radius 2 is 1.75 bits per heavy atom. The second kappa shape index (κ2) is 10.1. The van der Waals surface area contributed by atoms with Crippen LogP contribution in [0.25, 0.3) is 11.4 Å². The molecule has 10 heteroatoms. The molecule has 3 heterocycles. The molecule has 1 fully saturated rings. The third kappa shape index (κ3) is 5.26. The number of hydrogen-bond acceptors (Lipinski definition) is 10. The minimum Gasteiger partial charge on any atom is -0.493 e. The maximum atomic E-state index is 10.4. The number of nitrogens with zero attached hydrogens (tertiary/aromatic N) is 5. The summed E-state index contributed by atoms with van der Waals surface area (Å²) in [6.07, 6.45) is -0.583. The van der Waals surface area contributed by atoms with Crippen molar-refractivity contribution in [2.75, 3.05) is 46.4 Å². The number of rotatable bonds is 9. The first-order valence-electron chi connectivity index (χ1n) is 10.7. The summed E-state index contributed by atoms with van der Waals surface area (Å²) in [5.74, 6) is 3.05. The Hall–Kier alpha value is -2.95. The molecule has 172 valence electrons. The first kappa shape index (κ1) is 22.3. The lowest BCUT2D eigenvalue weighted by Gasteiger charge is -2.34. The molecule has 4 rings (SSSR count). The second-order valence-corrected chi connectivity index (χ2v) is 7.90. The standard InChI is InChI=1S/C22H29N5O5/c1-15-21(16(2)31-24-15)22-23-20(32-25-22)13-27-10-8-26(9-11-27)12-17(28)14-30-19-7-5-4-6-18(19)29-3/h4-7,17,28H,8-14H2,1-3H3. The van der Waals surface area contributed by atoms with E-state index in [-0.39, 0.29) is 6.61 Å². The molecule has 1 atom stereocenters. The Bertz CT molecular complexity index is 992. The van der Waals surface area contributed by atoms with Crippen LogP contribution < -0.4 is 9.47 Å². The Labute approximate surface area is 186 Å². The Morgan fingerprint density at radius 1 is 1.03 bits per heavy atom. The molecule has 1 N–H and O–H groups in total. The van der Waals surface area contributed by atoms with Gasteiger partial charge in [0.2, 0.25) is 11.7 Å². The summed E-state index contributed by atoms with van der Waals surface area (Å²) < 4.78 is 21.6. The van der Waals surface area contributed by atoms with Crippen molar-refractivity contribution in [2.24, 2.45) is 0 Å². The van der Waals surface area contributed by atoms with Gasteiger partial charge in [-0.25, -0.2) is 0 Å². The molecule has 0 spiro atoms. The van der Waals surface area contributed by atoms with Crippen LogP contribution in [0.1, 0.15) is 17.3 Å². The number of aliphatic hydroxyl groups is 1. The van der Waals surface area contributed by atoms with Crippen LogP contribution in [0.5, 0.6) is 11.5 Å². The number of methoxy groups -OCH3 is 1. The minimum atomic E-state index is -0.583. The zero-order chi connectivity index (χ0) is 22.5. The van der Waals surface area contributed by atoms with E-state index in [0.717, 1.165) is 37.4 Å². The van der Waals surface area contributed by atoms with E-state index in [1.165, 1.54) is 0 Å². The molecule has 10 nitrogen and oxygen atoms in total. The number of aliphatic hydroxyl groups excluding tert-OH is 1. The normalized spacial score (nSPS) is 16.2. The lowest BCUT2D eigenvalue weighted by Crippen LogP contribution is -2.48. The molecule has 1 aliphatic rings. The van der Waals surface area contributed by atoms with Gasteiger partial charge in [0, 0.05) is 32.7 Å². The molecule has 32 heavy (non-hydrogen) atoms. The van der Waals surface area contributed by atoms with E-state index in [1.54, 1.807) is 7.11 Å². The van der Waals surface area contributed by atoms with Crippen LogP contribution in [0.15, 0.2) is 33.3 Å². The van der Waals surface area contributed by atoms with Crippen LogP contribution in [-0.4, -0.2) is 82.7 Å². The van der Waals surface area contributed by atoms with Crippen LogP contribution >= 0.6 is 0 Å². The summed E-state index contributed by atoms with van der Waals surface area (Å²) >= 11 is 0. The highest BCUT2D eigenvalue weighted by Crippen LogP contribution is 2.26. The third-order valence-corrected chi connectivity index (χ3v) is 5.52. The molecule has 0 saturated carbocycles. The van der Waals surface area contributed by atoms with Crippen LogP contribution in [-0.2, 0) is 6.54 Å². The topological polar surface area (TPSA) is 110 Å². The van der Waals surface area contributed by atoms with E-state index < -0.39 is 6.10 Å². The highest BCUT2D eigenvalue weighted by molar-refractivity contribution is 5.59. The number of β-amino-alcohol motifs (C(OH)–C–C–N with tert-alkyl or cyclic N) is 1. The van der Waals surface area contributed by atoms with Gasteiger partial charge in [-0.3, -0.25) is 9.80 Å². The van der Waals surface area contributed by atoms with Gasteiger partial charge in [-0.05, 0) is 26.0 Å². The molecular formula is C22H29N5O5. The van der Waals surface area contributed by atoms with Gasteiger partial charge in [-0.1, -0.05) is 22.4 Å². The summed E-state index contributed by atoms with van der Waals surface area (Å²) in [5, 5.41) is 18.4. The van der Waals surface area contributed by atoms with Gasteiger partial charge in [0.25, 0.3) is 0 Å². The fraction of sp³-hybridized carbons (Fsp3) is 0.500. The van der Waals surface area contributed by atoms with Gasteiger partial charge in [0.15, 0.2) is 11.5 Å². The fourth-order valence-corrected chi connectivity index (χ4v) is 3.82. The van der Waals surface area contributed by atoms with Crippen molar-refractivity contribution < 1.29 is 23.6 Å². The Kier molecular flexibility index (Phi) is 7.03. The van der Waals surface area contributed by atoms with Gasteiger partial charge in [-0.15, -0.1) is 0 Å².